The Hall–Kier alpha value is -0.570. The molecule has 14 heavy (non-hydrogen) atoms. The zero-order valence-corrected chi connectivity index (χ0v) is 8.61. The highest BCUT2D eigenvalue weighted by Crippen LogP contribution is 2.28. The molecule has 0 amide bonds. The molecule has 3 nitrogen and oxygen atoms in total. The van der Waals surface area contributed by atoms with E-state index < -0.39 is 0 Å². The van der Waals surface area contributed by atoms with Gasteiger partial charge in [-0.25, -0.2) is 0 Å². The molecule has 0 spiro atoms. The zero-order valence-electron chi connectivity index (χ0n) is 8.61. The van der Waals surface area contributed by atoms with Crippen molar-refractivity contribution in [2.24, 2.45) is 11.1 Å². The molecule has 2 atom stereocenters. The van der Waals surface area contributed by atoms with Crippen molar-refractivity contribution in [3.05, 3.63) is 0 Å². The topological polar surface area (TPSA) is 41.8 Å². The Morgan fingerprint density at radius 1 is 1.29 bits per heavy atom. The molecule has 1 fully saturated rings. The molecule has 3 heteroatoms. The Balaban J connectivity index is 2.00. The van der Waals surface area contributed by atoms with Crippen molar-refractivity contribution in [3.8, 4) is 0 Å². The quantitative estimate of drug-likeness (QED) is 0.699. The van der Waals surface area contributed by atoms with Crippen molar-refractivity contribution in [1.82, 2.24) is 0 Å². The van der Waals surface area contributed by atoms with Gasteiger partial charge in [0.2, 0.25) is 0 Å². The first-order valence-electron chi connectivity index (χ1n) is 5.73. The number of hydrogen-bond acceptors (Lipinski definition) is 3. The maximum absolute atomic E-state index is 9.01. The fourth-order valence-corrected chi connectivity index (χ4v) is 2.41. The van der Waals surface area contributed by atoms with Gasteiger partial charge in [-0.05, 0) is 25.7 Å². The average molecular weight is 197 g/mol. The molecule has 0 aromatic heterocycles. The minimum Gasteiger partial charge on any atom is -0.392 e. The van der Waals surface area contributed by atoms with E-state index in [0.29, 0.717) is 5.92 Å². The van der Waals surface area contributed by atoms with E-state index in [1.54, 1.807) is 0 Å². The highest BCUT2D eigenvalue weighted by atomic mass is 16.6. The Morgan fingerprint density at radius 3 is 3.00 bits per heavy atom. The summed E-state index contributed by atoms with van der Waals surface area (Å²) in [6.07, 6.45) is 8.49. The van der Waals surface area contributed by atoms with Crippen LogP contribution < -0.4 is 0 Å². The lowest BCUT2D eigenvalue weighted by atomic mass is 9.85. The molecule has 2 rings (SSSR count). The van der Waals surface area contributed by atoms with E-state index in [2.05, 4.69) is 5.16 Å². The number of oxime groups is 1. The summed E-state index contributed by atoms with van der Waals surface area (Å²) >= 11 is 0. The van der Waals surface area contributed by atoms with E-state index >= 15 is 0 Å². The fourth-order valence-electron chi connectivity index (χ4n) is 2.41. The summed E-state index contributed by atoms with van der Waals surface area (Å²) in [5.74, 6) is 0.584. The number of fused-ring (bicyclic) bond motifs is 1. The fraction of sp³-hybridized carbons (Fsp3) is 0.909. The van der Waals surface area contributed by atoms with Gasteiger partial charge in [0.15, 0.2) is 6.10 Å². The molecule has 2 aliphatic rings. The van der Waals surface area contributed by atoms with Crippen LogP contribution in [0.4, 0.5) is 0 Å². The van der Waals surface area contributed by atoms with E-state index in [4.69, 9.17) is 9.94 Å². The summed E-state index contributed by atoms with van der Waals surface area (Å²) in [4.78, 5) is 5.23. The van der Waals surface area contributed by atoms with Gasteiger partial charge in [-0.3, -0.25) is 0 Å². The van der Waals surface area contributed by atoms with Gasteiger partial charge in [-0.1, -0.05) is 24.4 Å². The summed E-state index contributed by atoms with van der Waals surface area (Å²) in [6, 6.07) is 0. The van der Waals surface area contributed by atoms with Crippen molar-refractivity contribution in [1.29, 1.82) is 0 Å². The Kier molecular flexibility index (Phi) is 3.40. The van der Waals surface area contributed by atoms with E-state index in [9.17, 15) is 0 Å². The predicted molar refractivity (Wildman–Crippen MR) is 55.2 cm³/mol. The molecule has 2 unspecified atom stereocenters. The van der Waals surface area contributed by atoms with Crippen LogP contribution in [0, 0.1) is 5.92 Å². The van der Waals surface area contributed by atoms with Crippen LogP contribution in [0.3, 0.4) is 0 Å². The van der Waals surface area contributed by atoms with Crippen molar-refractivity contribution in [2.75, 3.05) is 6.61 Å². The van der Waals surface area contributed by atoms with Gasteiger partial charge in [0, 0.05) is 5.92 Å². The van der Waals surface area contributed by atoms with Crippen molar-refractivity contribution in [3.63, 3.8) is 0 Å². The lowest BCUT2D eigenvalue weighted by Crippen LogP contribution is -2.30. The maximum Gasteiger partial charge on any atom is 0.151 e. The minimum atomic E-state index is -0.0526. The van der Waals surface area contributed by atoms with Gasteiger partial charge in [0.05, 0.1) is 12.3 Å². The molecule has 0 aromatic carbocycles. The van der Waals surface area contributed by atoms with E-state index in [1.165, 1.54) is 37.8 Å². The molecular formula is C11H19NO2. The van der Waals surface area contributed by atoms with Crippen LogP contribution in [-0.2, 0) is 4.84 Å². The molecule has 0 bridgehead atoms. The third-order valence-electron chi connectivity index (χ3n) is 3.28. The third kappa shape index (κ3) is 2.27. The highest BCUT2D eigenvalue weighted by molar-refractivity contribution is 5.86. The van der Waals surface area contributed by atoms with Crippen LogP contribution >= 0.6 is 0 Å². The number of aliphatic hydroxyl groups is 1. The second-order valence-electron chi connectivity index (χ2n) is 4.38. The lowest BCUT2D eigenvalue weighted by Gasteiger charge is -2.28. The summed E-state index contributed by atoms with van der Waals surface area (Å²) in [5, 5.41) is 13.2. The minimum absolute atomic E-state index is 0.0526. The second-order valence-corrected chi connectivity index (χ2v) is 4.38. The molecule has 0 saturated heterocycles. The van der Waals surface area contributed by atoms with Gasteiger partial charge >= 0.3 is 0 Å². The number of hydrogen-bond donors (Lipinski definition) is 1. The first-order valence-corrected chi connectivity index (χ1v) is 5.73. The summed E-state index contributed by atoms with van der Waals surface area (Å²) in [5.41, 5.74) is 1.24. The summed E-state index contributed by atoms with van der Waals surface area (Å²) in [6.45, 7) is 0.104. The van der Waals surface area contributed by atoms with E-state index in [-0.39, 0.29) is 12.7 Å². The van der Waals surface area contributed by atoms with Crippen molar-refractivity contribution < 1.29 is 9.94 Å². The third-order valence-corrected chi connectivity index (χ3v) is 3.28. The standard InChI is InChI=1S/C11H19NO2/c13-8-10-7-9-5-3-1-2-4-6-11(9)12-14-10/h9-10,13H,1-8H2. The van der Waals surface area contributed by atoms with Crippen LogP contribution in [0.2, 0.25) is 0 Å². The van der Waals surface area contributed by atoms with Crippen molar-refractivity contribution in [2.45, 2.75) is 51.0 Å². The zero-order chi connectivity index (χ0) is 9.80. The average Bonchev–Trinajstić information content (AvgIpc) is 2.18. The first-order chi connectivity index (χ1) is 6.90. The highest BCUT2D eigenvalue weighted by Gasteiger charge is 2.27. The van der Waals surface area contributed by atoms with Crippen LogP contribution in [0.1, 0.15) is 44.9 Å². The van der Waals surface area contributed by atoms with Gasteiger partial charge in [0.1, 0.15) is 0 Å². The van der Waals surface area contributed by atoms with Gasteiger partial charge in [-0.15, -0.1) is 0 Å². The molecule has 0 radical (unpaired) electrons. The molecule has 1 aliphatic heterocycles. The smallest absolute Gasteiger partial charge is 0.151 e. The predicted octanol–water partition coefficient (Wildman–Crippen LogP) is 2.09. The first kappa shape index (κ1) is 9.97. The Labute approximate surface area is 85.1 Å². The lowest BCUT2D eigenvalue weighted by molar-refractivity contribution is -0.00754. The van der Waals surface area contributed by atoms with Gasteiger partial charge in [-0.2, -0.15) is 0 Å². The van der Waals surface area contributed by atoms with Crippen LogP contribution in [0.15, 0.2) is 5.16 Å². The summed E-state index contributed by atoms with van der Waals surface area (Å²) < 4.78 is 0. The largest absolute Gasteiger partial charge is 0.392 e. The van der Waals surface area contributed by atoms with Crippen LogP contribution in [0.5, 0.6) is 0 Å². The number of rotatable bonds is 1. The van der Waals surface area contributed by atoms with Gasteiger partial charge in [0.25, 0.3) is 0 Å². The molecule has 1 N–H and O–H groups in total. The molecule has 1 aliphatic carbocycles. The van der Waals surface area contributed by atoms with E-state index in [0.717, 1.165) is 12.8 Å². The van der Waals surface area contributed by atoms with Gasteiger partial charge < -0.3 is 9.94 Å². The Morgan fingerprint density at radius 2 is 2.14 bits per heavy atom. The van der Waals surface area contributed by atoms with Crippen LogP contribution in [-0.4, -0.2) is 23.5 Å². The maximum atomic E-state index is 9.01. The molecule has 1 saturated carbocycles. The normalized spacial score (nSPS) is 33.4. The molecule has 80 valence electrons. The van der Waals surface area contributed by atoms with Crippen molar-refractivity contribution >= 4 is 5.71 Å². The molecule has 1 heterocycles. The van der Waals surface area contributed by atoms with Crippen LogP contribution in [0.25, 0.3) is 0 Å². The molecule has 0 aromatic rings. The second kappa shape index (κ2) is 4.78. The monoisotopic (exact) mass is 197 g/mol. The SMILES string of the molecule is OCC1CC2CCCCCCC2=NO1. The number of nitrogens with zero attached hydrogens (tertiary/aromatic N) is 1. The Bertz CT molecular complexity index is 215. The molecular weight excluding hydrogens is 178 g/mol. The van der Waals surface area contributed by atoms with E-state index in [1.807, 2.05) is 0 Å². The summed E-state index contributed by atoms with van der Waals surface area (Å²) in [7, 11) is 0. The number of aliphatic hydroxyl groups excluding tert-OH is 1.